The monoisotopic (exact) mass is 389 g/mol. The standard InChI is InChI=1S/C22H27N7/c1-13(2)19-20(16-11-29-22(24-12-25-29)15(4)14(16)3)26-17-5-6-18(27-21(17)19)28-9-7-23-8-10-28/h5-6,11-13,23,26H,7-10H2,1-4H3. The molecule has 0 aromatic carbocycles. The first-order valence-electron chi connectivity index (χ1n) is 10.3. The van der Waals surface area contributed by atoms with Crippen molar-refractivity contribution in [1.82, 2.24) is 29.9 Å². The first kappa shape index (κ1) is 18.1. The summed E-state index contributed by atoms with van der Waals surface area (Å²) in [6, 6.07) is 4.31. The number of hydrogen-bond acceptors (Lipinski definition) is 5. The van der Waals surface area contributed by atoms with E-state index in [4.69, 9.17) is 4.98 Å². The predicted octanol–water partition coefficient (Wildman–Crippen LogP) is 3.42. The van der Waals surface area contributed by atoms with Crippen LogP contribution in [0.2, 0.25) is 0 Å². The van der Waals surface area contributed by atoms with Crippen molar-refractivity contribution in [3.63, 3.8) is 0 Å². The topological polar surface area (TPSA) is 74.1 Å². The molecular weight excluding hydrogens is 362 g/mol. The summed E-state index contributed by atoms with van der Waals surface area (Å²) in [6.45, 7) is 12.7. The van der Waals surface area contributed by atoms with E-state index in [9.17, 15) is 0 Å². The Morgan fingerprint density at radius 2 is 1.86 bits per heavy atom. The zero-order valence-electron chi connectivity index (χ0n) is 17.5. The SMILES string of the molecule is Cc1c(-c2[nH]c3ccc(N4CCNCC4)nc3c2C(C)C)cn2ncnc2c1C. The van der Waals surface area contributed by atoms with Gasteiger partial charge in [-0.3, -0.25) is 0 Å². The molecule has 5 rings (SSSR count). The Labute approximate surface area is 170 Å². The summed E-state index contributed by atoms with van der Waals surface area (Å²) in [5.41, 5.74) is 9.00. The van der Waals surface area contributed by atoms with Gasteiger partial charge in [-0.15, -0.1) is 0 Å². The molecule has 0 saturated carbocycles. The molecule has 0 atom stereocenters. The lowest BCUT2D eigenvalue weighted by molar-refractivity contribution is 0.585. The molecule has 0 unspecified atom stereocenters. The molecule has 4 aromatic rings. The van der Waals surface area contributed by atoms with E-state index in [2.05, 4.69) is 71.3 Å². The molecule has 0 bridgehead atoms. The van der Waals surface area contributed by atoms with Gasteiger partial charge in [0.1, 0.15) is 12.1 Å². The van der Waals surface area contributed by atoms with Crippen LogP contribution in [-0.2, 0) is 0 Å². The first-order chi connectivity index (χ1) is 14.0. The highest BCUT2D eigenvalue weighted by atomic mass is 15.3. The zero-order chi connectivity index (χ0) is 20.1. The van der Waals surface area contributed by atoms with Crippen LogP contribution in [0.1, 0.15) is 36.5 Å². The number of aromatic amines is 1. The minimum atomic E-state index is 0.343. The molecule has 7 nitrogen and oxygen atoms in total. The summed E-state index contributed by atoms with van der Waals surface area (Å²) < 4.78 is 1.87. The Morgan fingerprint density at radius 1 is 1.07 bits per heavy atom. The van der Waals surface area contributed by atoms with Gasteiger partial charge in [-0.1, -0.05) is 13.8 Å². The van der Waals surface area contributed by atoms with Crippen molar-refractivity contribution in [1.29, 1.82) is 0 Å². The van der Waals surface area contributed by atoms with E-state index in [1.54, 1.807) is 6.33 Å². The third-order valence-electron chi connectivity index (χ3n) is 6.08. The van der Waals surface area contributed by atoms with Gasteiger partial charge in [-0.2, -0.15) is 5.10 Å². The number of aryl methyl sites for hydroxylation is 1. The van der Waals surface area contributed by atoms with E-state index in [1.807, 2.05) is 4.52 Å². The maximum atomic E-state index is 5.10. The van der Waals surface area contributed by atoms with Crippen LogP contribution in [0.4, 0.5) is 5.82 Å². The minimum Gasteiger partial charge on any atom is -0.354 e. The summed E-state index contributed by atoms with van der Waals surface area (Å²) in [5, 5.41) is 7.79. The van der Waals surface area contributed by atoms with E-state index in [1.165, 1.54) is 11.1 Å². The lowest BCUT2D eigenvalue weighted by Crippen LogP contribution is -2.43. The average molecular weight is 390 g/mol. The van der Waals surface area contributed by atoms with Gasteiger partial charge >= 0.3 is 0 Å². The highest BCUT2D eigenvalue weighted by Crippen LogP contribution is 2.37. The Kier molecular flexibility index (Phi) is 4.28. The van der Waals surface area contributed by atoms with Crippen molar-refractivity contribution in [3.8, 4) is 11.3 Å². The normalized spacial score (nSPS) is 15.1. The van der Waals surface area contributed by atoms with E-state index in [0.717, 1.165) is 65.5 Å². The van der Waals surface area contributed by atoms with Crippen molar-refractivity contribution in [2.75, 3.05) is 31.1 Å². The first-order valence-corrected chi connectivity index (χ1v) is 10.3. The lowest BCUT2D eigenvalue weighted by atomic mass is 9.95. The number of fused-ring (bicyclic) bond motifs is 2. The third kappa shape index (κ3) is 2.88. The average Bonchev–Trinajstić information content (AvgIpc) is 3.35. The smallest absolute Gasteiger partial charge is 0.158 e. The molecule has 0 amide bonds. The second-order valence-electron chi connectivity index (χ2n) is 8.19. The minimum absolute atomic E-state index is 0.343. The Morgan fingerprint density at radius 3 is 2.62 bits per heavy atom. The number of rotatable bonds is 3. The molecule has 7 heteroatoms. The van der Waals surface area contributed by atoms with Crippen LogP contribution in [-0.4, -0.2) is 50.7 Å². The molecular formula is C22H27N7. The van der Waals surface area contributed by atoms with Gasteiger partial charge in [-0.05, 0) is 43.0 Å². The van der Waals surface area contributed by atoms with Crippen molar-refractivity contribution in [3.05, 3.63) is 41.3 Å². The van der Waals surface area contributed by atoms with Crippen molar-refractivity contribution in [2.45, 2.75) is 33.6 Å². The summed E-state index contributed by atoms with van der Waals surface area (Å²) in [5.74, 6) is 1.40. The van der Waals surface area contributed by atoms with E-state index >= 15 is 0 Å². The largest absolute Gasteiger partial charge is 0.354 e. The molecule has 1 fully saturated rings. The number of anilines is 1. The molecule has 29 heavy (non-hydrogen) atoms. The second kappa shape index (κ2) is 6.84. The van der Waals surface area contributed by atoms with Crippen LogP contribution in [0.25, 0.3) is 27.9 Å². The number of pyridine rings is 2. The molecule has 0 aliphatic carbocycles. The molecule has 4 aromatic heterocycles. The van der Waals surface area contributed by atoms with Gasteiger partial charge in [0.05, 0.1) is 16.7 Å². The summed E-state index contributed by atoms with van der Waals surface area (Å²) >= 11 is 0. The molecule has 0 spiro atoms. The number of nitrogens with zero attached hydrogens (tertiary/aromatic N) is 5. The molecule has 1 saturated heterocycles. The summed E-state index contributed by atoms with van der Waals surface area (Å²) in [7, 11) is 0. The van der Waals surface area contributed by atoms with Gasteiger partial charge < -0.3 is 15.2 Å². The maximum Gasteiger partial charge on any atom is 0.158 e. The molecule has 5 heterocycles. The fourth-order valence-corrected chi connectivity index (χ4v) is 4.37. The molecule has 0 radical (unpaired) electrons. The van der Waals surface area contributed by atoms with Gasteiger partial charge in [-0.25, -0.2) is 14.5 Å². The highest BCUT2D eigenvalue weighted by Gasteiger charge is 2.22. The van der Waals surface area contributed by atoms with Crippen LogP contribution < -0.4 is 10.2 Å². The van der Waals surface area contributed by atoms with Crippen LogP contribution in [0.15, 0.2) is 24.7 Å². The Hall–Kier alpha value is -2.93. The van der Waals surface area contributed by atoms with Crippen molar-refractivity contribution >= 4 is 22.5 Å². The van der Waals surface area contributed by atoms with Crippen LogP contribution >= 0.6 is 0 Å². The maximum absolute atomic E-state index is 5.10. The molecule has 150 valence electrons. The highest BCUT2D eigenvalue weighted by molar-refractivity contribution is 5.90. The van der Waals surface area contributed by atoms with Crippen molar-refractivity contribution in [2.24, 2.45) is 0 Å². The number of nitrogens with one attached hydrogen (secondary N) is 2. The van der Waals surface area contributed by atoms with Gasteiger partial charge in [0.2, 0.25) is 0 Å². The van der Waals surface area contributed by atoms with Crippen molar-refractivity contribution < 1.29 is 0 Å². The summed E-state index contributed by atoms with van der Waals surface area (Å²) in [4.78, 5) is 15.5. The van der Waals surface area contributed by atoms with Crippen LogP contribution in [0, 0.1) is 13.8 Å². The number of aromatic nitrogens is 5. The Balaban J connectivity index is 1.72. The van der Waals surface area contributed by atoms with E-state index < -0.39 is 0 Å². The van der Waals surface area contributed by atoms with Gasteiger partial charge in [0, 0.05) is 43.5 Å². The van der Waals surface area contributed by atoms with E-state index in [-0.39, 0.29) is 0 Å². The Bertz CT molecular complexity index is 1200. The third-order valence-corrected chi connectivity index (χ3v) is 6.08. The fourth-order valence-electron chi connectivity index (χ4n) is 4.37. The molecule has 1 aliphatic heterocycles. The fraction of sp³-hybridized carbons (Fsp3) is 0.409. The molecule has 2 N–H and O–H groups in total. The predicted molar refractivity (Wildman–Crippen MR) is 117 cm³/mol. The molecule has 1 aliphatic rings. The number of H-pyrrole nitrogens is 1. The van der Waals surface area contributed by atoms with Gasteiger partial charge in [0.15, 0.2) is 5.65 Å². The van der Waals surface area contributed by atoms with E-state index in [0.29, 0.717) is 5.92 Å². The van der Waals surface area contributed by atoms with Crippen LogP contribution in [0.5, 0.6) is 0 Å². The van der Waals surface area contributed by atoms with Gasteiger partial charge in [0.25, 0.3) is 0 Å². The summed E-state index contributed by atoms with van der Waals surface area (Å²) in [6.07, 6.45) is 3.69. The number of piperazine rings is 1. The quantitative estimate of drug-likeness (QED) is 0.562. The lowest BCUT2D eigenvalue weighted by Gasteiger charge is -2.28. The zero-order valence-corrected chi connectivity index (χ0v) is 17.5. The number of hydrogen-bond donors (Lipinski definition) is 2. The second-order valence-corrected chi connectivity index (χ2v) is 8.19. The van der Waals surface area contributed by atoms with Crippen LogP contribution in [0.3, 0.4) is 0 Å².